The fraction of sp³-hybridized carbons (Fsp3) is 0.143. The fourth-order valence-electron chi connectivity index (χ4n) is 3.52. The first kappa shape index (κ1) is 17.8. The molecule has 3 aromatic carbocycles. The topological polar surface area (TPSA) is 81.8 Å². The molecule has 0 fully saturated rings. The molecular formula is C21H15FN2O4. The maximum Gasteiger partial charge on any atom is 0.379 e. The first-order chi connectivity index (χ1) is 13.5. The molecule has 0 saturated carbocycles. The summed E-state index contributed by atoms with van der Waals surface area (Å²) >= 11 is 0. The molecule has 6 nitrogen and oxygen atoms in total. The number of nitro groups is 1. The average molecular weight is 378 g/mol. The van der Waals surface area contributed by atoms with E-state index in [0.717, 1.165) is 10.8 Å². The van der Waals surface area contributed by atoms with Crippen LogP contribution < -0.4 is 0 Å². The number of carbonyl (C=O) groups excluding carboxylic acids is 1. The summed E-state index contributed by atoms with van der Waals surface area (Å²) in [7, 11) is 0. The Bertz CT molecular complexity index is 1100. The predicted molar refractivity (Wildman–Crippen MR) is 101 cm³/mol. The molecule has 1 heterocycles. The van der Waals surface area contributed by atoms with Crippen LogP contribution in [-0.4, -0.2) is 28.8 Å². The van der Waals surface area contributed by atoms with Gasteiger partial charge in [0.1, 0.15) is 5.71 Å². The highest BCUT2D eigenvalue weighted by Crippen LogP contribution is 2.40. The minimum absolute atomic E-state index is 0.251. The van der Waals surface area contributed by atoms with Gasteiger partial charge < -0.3 is 4.84 Å². The van der Waals surface area contributed by atoms with Crippen LogP contribution in [0.15, 0.2) is 78.0 Å². The molecule has 0 saturated heterocycles. The highest BCUT2D eigenvalue weighted by atomic mass is 19.1. The van der Waals surface area contributed by atoms with Crippen molar-refractivity contribution in [3.05, 3.63) is 94.0 Å². The van der Waals surface area contributed by atoms with E-state index in [0.29, 0.717) is 11.1 Å². The van der Waals surface area contributed by atoms with Gasteiger partial charge in [-0.25, -0.2) is 9.18 Å². The average Bonchev–Trinajstić information content (AvgIpc) is 3.01. The number of hydrogen-bond acceptors (Lipinski definition) is 5. The monoisotopic (exact) mass is 378 g/mol. The molecule has 0 radical (unpaired) electrons. The molecule has 140 valence electrons. The number of hydrogen-bond donors (Lipinski definition) is 0. The van der Waals surface area contributed by atoms with Crippen molar-refractivity contribution in [2.75, 3.05) is 6.54 Å². The van der Waals surface area contributed by atoms with Crippen LogP contribution in [0.1, 0.15) is 17.0 Å². The van der Waals surface area contributed by atoms with Crippen molar-refractivity contribution in [1.29, 1.82) is 0 Å². The summed E-state index contributed by atoms with van der Waals surface area (Å²) in [4.78, 5) is 27.7. The van der Waals surface area contributed by atoms with Gasteiger partial charge in [-0.05, 0) is 22.4 Å². The Labute approximate surface area is 159 Å². The third-order valence-corrected chi connectivity index (χ3v) is 4.90. The summed E-state index contributed by atoms with van der Waals surface area (Å²) < 4.78 is 16.3. The largest absolute Gasteiger partial charge is 0.379 e. The van der Waals surface area contributed by atoms with Crippen LogP contribution in [0.5, 0.6) is 0 Å². The lowest BCUT2D eigenvalue weighted by Gasteiger charge is -2.25. The number of halogens is 1. The summed E-state index contributed by atoms with van der Waals surface area (Å²) in [5.74, 6) is -2.62. The molecule has 0 aromatic heterocycles. The normalized spacial score (nSPS) is 19.9. The van der Waals surface area contributed by atoms with E-state index in [4.69, 9.17) is 0 Å². The van der Waals surface area contributed by atoms with Crippen LogP contribution in [0.25, 0.3) is 10.8 Å². The Morgan fingerprint density at radius 1 is 1.04 bits per heavy atom. The van der Waals surface area contributed by atoms with E-state index in [2.05, 4.69) is 9.99 Å². The SMILES string of the molecule is O=C1ON=C(c2ccc3ccccc3c2)[C@@]1(F)[C@H](C[N+](=O)[O-])c1ccccc1. The summed E-state index contributed by atoms with van der Waals surface area (Å²) in [6.45, 7) is -0.776. The molecule has 28 heavy (non-hydrogen) atoms. The molecular weight excluding hydrogens is 363 g/mol. The molecule has 0 amide bonds. The van der Waals surface area contributed by atoms with E-state index in [1.54, 1.807) is 48.5 Å². The number of rotatable bonds is 5. The molecule has 1 aliphatic rings. The summed E-state index contributed by atoms with van der Waals surface area (Å²) in [5, 5.41) is 16.7. The molecule has 0 N–H and O–H groups in total. The van der Waals surface area contributed by atoms with Crippen LogP contribution in [0, 0.1) is 10.1 Å². The molecule has 0 bridgehead atoms. The van der Waals surface area contributed by atoms with Gasteiger partial charge >= 0.3 is 5.97 Å². The smallest absolute Gasteiger partial charge is 0.314 e. The van der Waals surface area contributed by atoms with Crippen LogP contribution >= 0.6 is 0 Å². The van der Waals surface area contributed by atoms with Gasteiger partial charge in [0.05, 0.1) is 5.92 Å². The fourth-order valence-corrected chi connectivity index (χ4v) is 3.52. The third kappa shape index (κ3) is 2.90. The van der Waals surface area contributed by atoms with Crippen molar-refractivity contribution >= 4 is 22.5 Å². The zero-order chi connectivity index (χ0) is 19.7. The Morgan fingerprint density at radius 2 is 1.71 bits per heavy atom. The molecule has 4 rings (SSSR count). The van der Waals surface area contributed by atoms with Crippen LogP contribution in [0.4, 0.5) is 4.39 Å². The quantitative estimate of drug-likeness (QED) is 0.383. The maximum atomic E-state index is 16.3. The molecule has 7 heteroatoms. The molecule has 1 aliphatic heterocycles. The van der Waals surface area contributed by atoms with E-state index < -0.39 is 29.0 Å². The van der Waals surface area contributed by atoms with Gasteiger partial charge in [-0.3, -0.25) is 10.1 Å². The van der Waals surface area contributed by atoms with Crippen molar-refractivity contribution in [3.8, 4) is 0 Å². The number of alkyl halides is 1. The van der Waals surface area contributed by atoms with Crippen molar-refractivity contribution < 1.29 is 18.9 Å². The van der Waals surface area contributed by atoms with E-state index >= 15 is 4.39 Å². The van der Waals surface area contributed by atoms with E-state index in [-0.39, 0.29) is 5.71 Å². The summed E-state index contributed by atoms with van der Waals surface area (Å²) in [6.07, 6.45) is 0. The molecule has 0 unspecified atom stereocenters. The number of fused-ring (bicyclic) bond motifs is 1. The number of carbonyl (C=O) groups is 1. The van der Waals surface area contributed by atoms with Gasteiger partial charge in [-0.1, -0.05) is 71.9 Å². The van der Waals surface area contributed by atoms with Gasteiger partial charge in [0.15, 0.2) is 0 Å². The second-order valence-electron chi connectivity index (χ2n) is 6.57. The van der Waals surface area contributed by atoms with Gasteiger partial charge in [-0.15, -0.1) is 0 Å². The predicted octanol–water partition coefficient (Wildman–Crippen LogP) is 3.87. The first-order valence-corrected chi connectivity index (χ1v) is 8.65. The maximum absolute atomic E-state index is 16.3. The van der Waals surface area contributed by atoms with Crippen LogP contribution in [0.3, 0.4) is 0 Å². The van der Waals surface area contributed by atoms with Crippen molar-refractivity contribution in [1.82, 2.24) is 0 Å². The highest BCUT2D eigenvalue weighted by Gasteiger charge is 2.59. The second kappa shape index (κ2) is 6.84. The summed E-state index contributed by atoms with van der Waals surface area (Å²) in [5.41, 5.74) is -2.35. The lowest BCUT2D eigenvalue weighted by atomic mass is 9.78. The minimum Gasteiger partial charge on any atom is -0.314 e. The zero-order valence-electron chi connectivity index (χ0n) is 14.6. The van der Waals surface area contributed by atoms with E-state index in [1.807, 2.05) is 24.3 Å². The lowest BCUT2D eigenvalue weighted by Crippen LogP contribution is -2.47. The molecule has 3 aromatic rings. The zero-order valence-corrected chi connectivity index (χ0v) is 14.6. The Morgan fingerprint density at radius 3 is 2.43 bits per heavy atom. The van der Waals surface area contributed by atoms with Gasteiger partial charge in [0.2, 0.25) is 6.54 Å². The van der Waals surface area contributed by atoms with Gasteiger partial charge in [0, 0.05) is 10.5 Å². The Balaban J connectivity index is 1.84. The lowest BCUT2D eigenvalue weighted by molar-refractivity contribution is -0.485. The molecule has 0 spiro atoms. The summed E-state index contributed by atoms with van der Waals surface area (Å²) in [6, 6.07) is 20.7. The number of nitrogens with zero attached hydrogens (tertiary/aromatic N) is 2. The van der Waals surface area contributed by atoms with Gasteiger partial charge in [0.25, 0.3) is 5.67 Å². The number of oxime groups is 1. The van der Waals surface area contributed by atoms with Crippen molar-refractivity contribution in [2.24, 2.45) is 5.16 Å². The van der Waals surface area contributed by atoms with Crippen LogP contribution in [0.2, 0.25) is 0 Å². The minimum atomic E-state index is -2.77. The van der Waals surface area contributed by atoms with E-state index in [9.17, 15) is 14.9 Å². The third-order valence-electron chi connectivity index (χ3n) is 4.90. The highest BCUT2D eigenvalue weighted by molar-refractivity contribution is 6.22. The Kier molecular flexibility index (Phi) is 4.35. The van der Waals surface area contributed by atoms with Crippen LogP contribution in [-0.2, 0) is 9.63 Å². The second-order valence-corrected chi connectivity index (χ2v) is 6.57. The van der Waals surface area contributed by atoms with Crippen molar-refractivity contribution in [2.45, 2.75) is 11.6 Å². The van der Waals surface area contributed by atoms with Crippen molar-refractivity contribution in [3.63, 3.8) is 0 Å². The molecule has 0 aliphatic carbocycles. The first-order valence-electron chi connectivity index (χ1n) is 8.65. The van der Waals surface area contributed by atoms with E-state index in [1.165, 1.54) is 0 Å². The standard InChI is InChI=1S/C21H15FN2O4/c22-21(18(13-24(26)27)15-7-2-1-3-8-15)19(23-28-20(21)25)17-11-10-14-6-4-5-9-16(14)12-17/h1-12,18H,13H2/t18-,21+/m1/s1. The number of benzene rings is 3. The van der Waals surface area contributed by atoms with Gasteiger partial charge in [-0.2, -0.15) is 0 Å². The Hall–Kier alpha value is -3.61. The molecule has 2 atom stereocenters.